The summed E-state index contributed by atoms with van der Waals surface area (Å²) in [5.41, 5.74) is 3.45. The number of likely N-dealkylation sites (tertiary alicyclic amines) is 1. The maximum absolute atomic E-state index is 13.1. The third-order valence-electron chi connectivity index (χ3n) is 5.74. The minimum atomic E-state index is 0.0475. The van der Waals surface area contributed by atoms with Gasteiger partial charge in [-0.2, -0.15) is 0 Å². The minimum absolute atomic E-state index is 0.0475. The summed E-state index contributed by atoms with van der Waals surface area (Å²) >= 11 is 0. The highest BCUT2D eigenvalue weighted by atomic mass is 16.2. The Bertz CT molecular complexity index is 597. The van der Waals surface area contributed by atoms with Crippen molar-refractivity contribution >= 4 is 5.91 Å². The Morgan fingerprint density at radius 3 is 2.80 bits per heavy atom. The van der Waals surface area contributed by atoms with Crippen LogP contribution in [0.3, 0.4) is 0 Å². The number of pyridine rings is 1. The number of aromatic nitrogens is 1. The summed E-state index contributed by atoms with van der Waals surface area (Å²) < 4.78 is 0. The molecule has 0 aromatic carbocycles. The molecule has 0 aliphatic carbocycles. The Balaban J connectivity index is 1.83. The van der Waals surface area contributed by atoms with Gasteiger partial charge >= 0.3 is 0 Å². The van der Waals surface area contributed by atoms with Gasteiger partial charge in [-0.25, -0.2) is 0 Å². The van der Waals surface area contributed by atoms with Crippen molar-refractivity contribution < 1.29 is 4.79 Å². The Morgan fingerprint density at radius 1 is 1.32 bits per heavy atom. The first kappa shape index (κ1) is 18.3. The number of carbonyl (C=O) groups is 1. The molecule has 25 heavy (non-hydrogen) atoms. The van der Waals surface area contributed by atoms with E-state index in [0.717, 1.165) is 56.8 Å². The minimum Gasteiger partial charge on any atom is -0.342 e. The van der Waals surface area contributed by atoms with E-state index in [1.807, 2.05) is 14.0 Å². The molecule has 2 aliphatic heterocycles. The second-order valence-corrected chi connectivity index (χ2v) is 7.64. The maximum atomic E-state index is 13.1. The standard InChI is InChI=1S/C20H32N4O/c1-14-7-8-16(19(23-14)11-15(2)21-3)17-12-22-13-18(17)20(25)24-9-5-4-6-10-24/h7-8,15,17-18,21-22H,4-6,9-13H2,1-3H3/t15?,17-,18?/m0/s1. The van der Waals surface area contributed by atoms with Gasteiger partial charge in [-0.3, -0.25) is 9.78 Å². The van der Waals surface area contributed by atoms with Gasteiger partial charge in [0.2, 0.25) is 5.91 Å². The summed E-state index contributed by atoms with van der Waals surface area (Å²) in [4.78, 5) is 20.0. The lowest BCUT2D eigenvalue weighted by Gasteiger charge is -2.31. The van der Waals surface area contributed by atoms with Crippen molar-refractivity contribution in [2.75, 3.05) is 33.2 Å². The Kier molecular flexibility index (Phi) is 6.07. The molecule has 2 aliphatic rings. The number of amides is 1. The number of nitrogens with zero attached hydrogens (tertiary/aromatic N) is 2. The first-order valence-corrected chi connectivity index (χ1v) is 9.73. The quantitative estimate of drug-likeness (QED) is 0.856. The van der Waals surface area contributed by atoms with Crippen molar-refractivity contribution in [3.63, 3.8) is 0 Å². The monoisotopic (exact) mass is 344 g/mol. The number of hydrogen-bond acceptors (Lipinski definition) is 4. The van der Waals surface area contributed by atoms with Crippen molar-refractivity contribution in [1.82, 2.24) is 20.5 Å². The highest BCUT2D eigenvalue weighted by Crippen LogP contribution is 2.32. The molecule has 0 radical (unpaired) electrons. The van der Waals surface area contributed by atoms with Gasteiger partial charge in [-0.1, -0.05) is 6.07 Å². The van der Waals surface area contributed by atoms with E-state index in [2.05, 4.69) is 34.6 Å². The smallest absolute Gasteiger partial charge is 0.227 e. The molecule has 3 rings (SSSR count). The fourth-order valence-electron chi connectivity index (χ4n) is 4.13. The largest absolute Gasteiger partial charge is 0.342 e. The van der Waals surface area contributed by atoms with Gasteiger partial charge in [-0.15, -0.1) is 0 Å². The van der Waals surface area contributed by atoms with Crippen LogP contribution in [0, 0.1) is 12.8 Å². The topological polar surface area (TPSA) is 57.3 Å². The van der Waals surface area contributed by atoms with Crippen molar-refractivity contribution in [3.05, 3.63) is 29.1 Å². The van der Waals surface area contributed by atoms with E-state index in [-0.39, 0.29) is 11.8 Å². The van der Waals surface area contributed by atoms with Crippen molar-refractivity contribution in [1.29, 1.82) is 0 Å². The fraction of sp³-hybridized carbons (Fsp3) is 0.700. The number of likely N-dealkylation sites (N-methyl/N-ethyl adjacent to an activating group) is 1. The molecule has 2 N–H and O–H groups in total. The van der Waals surface area contributed by atoms with E-state index in [0.29, 0.717) is 11.9 Å². The van der Waals surface area contributed by atoms with E-state index in [4.69, 9.17) is 4.98 Å². The normalized spacial score (nSPS) is 25.2. The Morgan fingerprint density at radius 2 is 2.08 bits per heavy atom. The molecule has 3 heterocycles. The summed E-state index contributed by atoms with van der Waals surface area (Å²) in [5, 5.41) is 6.76. The number of rotatable bonds is 5. The average molecular weight is 345 g/mol. The molecule has 138 valence electrons. The van der Waals surface area contributed by atoms with Crippen LogP contribution in [0.4, 0.5) is 0 Å². The molecule has 2 saturated heterocycles. The van der Waals surface area contributed by atoms with Crippen LogP contribution in [0.15, 0.2) is 12.1 Å². The second-order valence-electron chi connectivity index (χ2n) is 7.64. The van der Waals surface area contributed by atoms with Crippen LogP contribution >= 0.6 is 0 Å². The molecule has 5 nitrogen and oxygen atoms in total. The van der Waals surface area contributed by atoms with Gasteiger partial charge < -0.3 is 15.5 Å². The van der Waals surface area contributed by atoms with Crippen molar-refractivity contribution in [2.45, 2.75) is 51.5 Å². The van der Waals surface area contributed by atoms with Gasteiger partial charge in [0, 0.05) is 55.9 Å². The van der Waals surface area contributed by atoms with Gasteiger partial charge in [0.1, 0.15) is 0 Å². The highest BCUT2D eigenvalue weighted by molar-refractivity contribution is 5.80. The third-order valence-corrected chi connectivity index (χ3v) is 5.74. The van der Waals surface area contributed by atoms with Gasteiger partial charge in [-0.05, 0) is 51.8 Å². The number of nitrogens with one attached hydrogen (secondary N) is 2. The van der Waals surface area contributed by atoms with Crippen LogP contribution < -0.4 is 10.6 Å². The fourth-order valence-corrected chi connectivity index (χ4v) is 4.13. The second kappa shape index (κ2) is 8.28. The van der Waals surface area contributed by atoms with E-state index >= 15 is 0 Å². The molecule has 2 fully saturated rings. The van der Waals surface area contributed by atoms with Crippen LogP contribution in [0.25, 0.3) is 0 Å². The molecule has 0 bridgehead atoms. The molecule has 1 aromatic rings. The van der Waals surface area contributed by atoms with Crippen LogP contribution in [-0.2, 0) is 11.2 Å². The van der Waals surface area contributed by atoms with Crippen LogP contribution in [0.1, 0.15) is 49.1 Å². The number of carbonyl (C=O) groups excluding carboxylic acids is 1. The van der Waals surface area contributed by atoms with Crippen LogP contribution in [0.5, 0.6) is 0 Å². The molecule has 2 unspecified atom stereocenters. The highest BCUT2D eigenvalue weighted by Gasteiger charge is 2.38. The average Bonchev–Trinajstić information content (AvgIpc) is 3.11. The van der Waals surface area contributed by atoms with Crippen molar-refractivity contribution in [3.8, 4) is 0 Å². The van der Waals surface area contributed by atoms with E-state index in [1.165, 1.54) is 12.0 Å². The Labute approximate surface area is 151 Å². The summed E-state index contributed by atoms with van der Waals surface area (Å²) in [6.45, 7) is 7.73. The van der Waals surface area contributed by atoms with E-state index < -0.39 is 0 Å². The first-order valence-electron chi connectivity index (χ1n) is 9.73. The first-order chi connectivity index (χ1) is 12.1. The van der Waals surface area contributed by atoms with Gasteiger partial charge in [0.15, 0.2) is 0 Å². The lowest BCUT2D eigenvalue weighted by molar-refractivity contribution is -0.136. The van der Waals surface area contributed by atoms with E-state index in [1.54, 1.807) is 0 Å². The molecule has 3 atom stereocenters. The summed E-state index contributed by atoms with van der Waals surface area (Å²) in [6.07, 6.45) is 4.44. The number of piperidine rings is 1. The van der Waals surface area contributed by atoms with Crippen molar-refractivity contribution in [2.24, 2.45) is 5.92 Å². The molecule has 1 amide bonds. The third kappa shape index (κ3) is 4.21. The van der Waals surface area contributed by atoms with Gasteiger partial charge in [0.25, 0.3) is 0 Å². The molecular weight excluding hydrogens is 312 g/mol. The molecular formula is C20H32N4O. The Hall–Kier alpha value is -1.46. The molecule has 1 aromatic heterocycles. The summed E-state index contributed by atoms with van der Waals surface area (Å²) in [5.74, 6) is 0.621. The van der Waals surface area contributed by atoms with Gasteiger partial charge in [0.05, 0.1) is 5.92 Å². The lowest BCUT2D eigenvalue weighted by Crippen LogP contribution is -2.41. The summed E-state index contributed by atoms with van der Waals surface area (Å²) in [7, 11) is 1.99. The molecule has 5 heteroatoms. The molecule has 0 saturated carbocycles. The van der Waals surface area contributed by atoms with Crippen LogP contribution in [0.2, 0.25) is 0 Å². The number of aryl methyl sites for hydroxylation is 1. The number of hydrogen-bond donors (Lipinski definition) is 2. The molecule has 0 spiro atoms. The summed E-state index contributed by atoms with van der Waals surface area (Å²) in [6, 6.07) is 4.66. The maximum Gasteiger partial charge on any atom is 0.227 e. The predicted octanol–water partition coefficient (Wildman–Crippen LogP) is 1.86. The zero-order valence-corrected chi connectivity index (χ0v) is 15.8. The SMILES string of the molecule is CNC(C)Cc1nc(C)ccc1[C@@H]1CNCC1C(=O)N1CCCCC1. The predicted molar refractivity (Wildman–Crippen MR) is 101 cm³/mol. The zero-order valence-electron chi connectivity index (χ0n) is 15.8. The lowest BCUT2D eigenvalue weighted by atomic mass is 9.85. The zero-order chi connectivity index (χ0) is 17.8. The van der Waals surface area contributed by atoms with Crippen LogP contribution in [-0.4, -0.2) is 55.1 Å². The van der Waals surface area contributed by atoms with E-state index in [9.17, 15) is 4.79 Å².